The second kappa shape index (κ2) is 6.17. The van der Waals surface area contributed by atoms with E-state index in [9.17, 15) is 4.79 Å². The van der Waals surface area contributed by atoms with Crippen molar-refractivity contribution in [2.75, 3.05) is 5.32 Å². The molecule has 116 valence electrons. The van der Waals surface area contributed by atoms with Gasteiger partial charge in [0, 0.05) is 23.2 Å². The van der Waals surface area contributed by atoms with Gasteiger partial charge in [-0.15, -0.1) is 11.3 Å². The minimum Gasteiger partial charge on any atom is -0.319 e. The van der Waals surface area contributed by atoms with Crippen molar-refractivity contribution >= 4 is 33.8 Å². The average molecular weight is 332 g/mol. The second-order valence-electron chi connectivity index (χ2n) is 5.09. The summed E-state index contributed by atoms with van der Waals surface area (Å²) in [5.41, 5.74) is 2.56. The number of thiazole rings is 1. The number of fused-ring (bicyclic) bond motifs is 1. The molecule has 5 nitrogen and oxygen atoms in total. The Balaban J connectivity index is 1.62. The summed E-state index contributed by atoms with van der Waals surface area (Å²) in [5.74, 6) is -0.258. The molecule has 4 rings (SSSR count). The molecule has 6 heteroatoms. The first-order valence-electron chi connectivity index (χ1n) is 7.33. The zero-order valence-corrected chi connectivity index (χ0v) is 13.3. The van der Waals surface area contributed by atoms with Crippen LogP contribution in [0, 0.1) is 0 Å². The fraction of sp³-hybridized carbons (Fsp3) is 0. The number of nitrogens with one attached hydrogen (secondary N) is 1. The second-order valence-corrected chi connectivity index (χ2v) is 5.95. The molecule has 0 bridgehead atoms. The average Bonchev–Trinajstić information content (AvgIpc) is 3.13. The number of amides is 1. The summed E-state index contributed by atoms with van der Waals surface area (Å²) in [7, 11) is 0. The van der Waals surface area contributed by atoms with Crippen LogP contribution in [-0.4, -0.2) is 20.9 Å². The van der Waals surface area contributed by atoms with Crippen molar-refractivity contribution in [2.24, 2.45) is 0 Å². The van der Waals surface area contributed by atoms with Gasteiger partial charge in [0.05, 0.1) is 16.9 Å². The highest BCUT2D eigenvalue weighted by Crippen LogP contribution is 2.24. The van der Waals surface area contributed by atoms with E-state index in [4.69, 9.17) is 0 Å². The van der Waals surface area contributed by atoms with Crippen LogP contribution in [0.3, 0.4) is 0 Å². The number of carbonyl (C=O) groups is 1. The van der Waals surface area contributed by atoms with Crippen molar-refractivity contribution in [1.82, 2.24) is 15.0 Å². The van der Waals surface area contributed by atoms with Gasteiger partial charge in [-0.25, -0.2) is 4.98 Å². The van der Waals surface area contributed by atoms with E-state index < -0.39 is 0 Å². The number of para-hydroxylation sites is 1. The summed E-state index contributed by atoms with van der Waals surface area (Å²) in [6.07, 6.45) is 3.41. The van der Waals surface area contributed by atoms with E-state index in [-0.39, 0.29) is 5.91 Å². The normalized spacial score (nSPS) is 10.7. The Morgan fingerprint density at radius 2 is 1.83 bits per heavy atom. The molecule has 0 aliphatic heterocycles. The molecule has 3 heterocycles. The first-order valence-corrected chi connectivity index (χ1v) is 8.21. The van der Waals surface area contributed by atoms with Gasteiger partial charge in [-0.1, -0.05) is 24.3 Å². The minimum atomic E-state index is -0.258. The lowest BCUT2D eigenvalue weighted by Gasteiger charge is -2.06. The number of carbonyl (C=O) groups excluding carboxylic acids is 1. The van der Waals surface area contributed by atoms with Crippen LogP contribution in [0.15, 0.2) is 66.3 Å². The van der Waals surface area contributed by atoms with E-state index in [1.54, 1.807) is 17.8 Å². The molecule has 3 aromatic heterocycles. The maximum absolute atomic E-state index is 12.5. The minimum absolute atomic E-state index is 0.258. The Kier molecular flexibility index (Phi) is 3.72. The number of hydrogen-bond acceptors (Lipinski definition) is 5. The quantitative estimate of drug-likeness (QED) is 0.615. The smallest absolute Gasteiger partial charge is 0.275 e. The van der Waals surface area contributed by atoms with Crippen molar-refractivity contribution < 1.29 is 4.79 Å². The zero-order valence-electron chi connectivity index (χ0n) is 12.5. The van der Waals surface area contributed by atoms with Crippen LogP contribution in [-0.2, 0) is 0 Å². The molecule has 0 fully saturated rings. The fourth-order valence-electron chi connectivity index (χ4n) is 2.38. The highest BCUT2D eigenvalue weighted by atomic mass is 32.1. The van der Waals surface area contributed by atoms with Crippen molar-refractivity contribution in [1.29, 1.82) is 0 Å². The number of nitrogens with zero attached hydrogens (tertiary/aromatic N) is 3. The number of hydrogen-bond donors (Lipinski definition) is 1. The molecule has 4 aromatic rings. The third-order valence-electron chi connectivity index (χ3n) is 3.50. The number of benzene rings is 1. The van der Waals surface area contributed by atoms with Gasteiger partial charge in [-0.3, -0.25) is 14.8 Å². The maximum Gasteiger partial charge on any atom is 0.275 e. The Morgan fingerprint density at radius 1 is 0.958 bits per heavy atom. The zero-order chi connectivity index (χ0) is 16.4. The van der Waals surface area contributed by atoms with Gasteiger partial charge in [0.15, 0.2) is 0 Å². The summed E-state index contributed by atoms with van der Waals surface area (Å²) < 4.78 is 0. The molecule has 0 atom stereocenters. The molecule has 1 amide bonds. The summed E-state index contributed by atoms with van der Waals surface area (Å²) in [4.78, 5) is 25.5. The number of rotatable bonds is 3. The molecule has 1 N–H and O–H groups in total. The van der Waals surface area contributed by atoms with Crippen LogP contribution >= 0.6 is 11.3 Å². The van der Waals surface area contributed by atoms with Gasteiger partial charge in [-0.05, 0) is 24.3 Å². The van der Waals surface area contributed by atoms with Gasteiger partial charge in [-0.2, -0.15) is 0 Å². The molecule has 0 spiro atoms. The van der Waals surface area contributed by atoms with E-state index in [0.717, 1.165) is 21.6 Å². The summed E-state index contributed by atoms with van der Waals surface area (Å²) in [6.45, 7) is 0. The van der Waals surface area contributed by atoms with Crippen molar-refractivity contribution in [2.45, 2.75) is 0 Å². The van der Waals surface area contributed by atoms with Crippen LogP contribution in [0.5, 0.6) is 0 Å². The topological polar surface area (TPSA) is 67.8 Å². The van der Waals surface area contributed by atoms with Crippen molar-refractivity contribution in [3.8, 4) is 10.7 Å². The Labute approximate surface area is 142 Å². The Bertz CT molecular complexity index is 1010. The number of aromatic nitrogens is 3. The standard InChI is InChI=1S/C18H12N4OS/c23-17(15-11-24-18(22-15)14-7-1-2-9-19-14)21-13-8-3-5-12-6-4-10-20-16(12)13/h1-11H,(H,21,23). The van der Waals surface area contributed by atoms with E-state index in [2.05, 4.69) is 20.3 Å². The van der Waals surface area contributed by atoms with Crippen LogP contribution in [0.4, 0.5) is 5.69 Å². The fourth-order valence-corrected chi connectivity index (χ4v) is 3.15. The SMILES string of the molecule is O=C(Nc1cccc2cccnc12)c1csc(-c2ccccn2)n1. The van der Waals surface area contributed by atoms with Crippen LogP contribution in [0.1, 0.15) is 10.5 Å². The summed E-state index contributed by atoms with van der Waals surface area (Å²) in [5, 5.41) is 6.32. The number of pyridine rings is 2. The number of anilines is 1. The molecule has 1 aromatic carbocycles. The van der Waals surface area contributed by atoms with E-state index >= 15 is 0 Å². The highest BCUT2D eigenvalue weighted by molar-refractivity contribution is 7.13. The van der Waals surface area contributed by atoms with Gasteiger partial charge in [0.2, 0.25) is 0 Å². The Hall–Kier alpha value is -3.12. The van der Waals surface area contributed by atoms with E-state index in [0.29, 0.717) is 11.4 Å². The molecule has 0 radical (unpaired) electrons. The van der Waals surface area contributed by atoms with Gasteiger partial charge in [0.25, 0.3) is 5.91 Å². The van der Waals surface area contributed by atoms with Gasteiger partial charge >= 0.3 is 0 Å². The maximum atomic E-state index is 12.5. The lowest BCUT2D eigenvalue weighted by atomic mass is 10.2. The third-order valence-corrected chi connectivity index (χ3v) is 4.37. The first kappa shape index (κ1) is 14.5. The van der Waals surface area contributed by atoms with Crippen molar-refractivity contribution in [3.63, 3.8) is 0 Å². The molecular weight excluding hydrogens is 320 g/mol. The first-order chi connectivity index (χ1) is 11.8. The predicted molar refractivity (Wildman–Crippen MR) is 95.0 cm³/mol. The summed E-state index contributed by atoms with van der Waals surface area (Å²) >= 11 is 1.40. The van der Waals surface area contributed by atoms with Crippen LogP contribution < -0.4 is 5.32 Å². The monoisotopic (exact) mass is 332 g/mol. The molecule has 0 unspecified atom stereocenters. The van der Waals surface area contributed by atoms with Crippen LogP contribution in [0.2, 0.25) is 0 Å². The van der Waals surface area contributed by atoms with Gasteiger partial charge in [0.1, 0.15) is 10.7 Å². The third kappa shape index (κ3) is 2.75. The lowest BCUT2D eigenvalue weighted by Crippen LogP contribution is -2.12. The van der Waals surface area contributed by atoms with E-state index in [1.165, 1.54) is 11.3 Å². The van der Waals surface area contributed by atoms with Crippen molar-refractivity contribution in [3.05, 3.63) is 72.0 Å². The molecular formula is C18H12N4OS. The lowest BCUT2D eigenvalue weighted by molar-refractivity contribution is 0.102. The van der Waals surface area contributed by atoms with E-state index in [1.807, 2.05) is 48.5 Å². The van der Waals surface area contributed by atoms with Crippen LogP contribution in [0.25, 0.3) is 21.6 Å². The molecule has 0 aliphatic rings. The summed E-state index contributed by atoms with van der Waals surface area (Å²) in [6, 6.07) is 15.1. The van der Waals surface area contributed by atoms with Gasteiger partial charge < -0.3 is 5.32 Å². The molecule has 0 saturated heterocycles. The molecule has 0 saturated carbocycles. The Morgan fingerprint density at radius 3 is 2.71 bits per heavy atom. The molecule has 0 aliphatic carbocycles. The highest BCUT2D eigenvalue weighted by Gasteiger charge is 2.14. The predicted octanol–water partition coefficient (Wildman–Crippen LogP) is 4.01. The largest absolute Gasteiger partial charge is 0.319 e. The molecule has 24 heavy (non-hydrogen) atoms.